The molecule has 0 aliphatic carbocycles. The van der Waals surface area contributed by atoms with E-state index in [-0.39, 0.29) is 17.8 Å². The molecule has 1 aliphatic rings. The second-order valence-electron chi connectivity index (χ2n) is 8.33. The lowest BCUT2D eigenvalue weighted by Crippen LogP contribution is -2.57. The second kappa shape index (κ2) is 10.7. The number of aromatic amines is 1. The summed E-state index contributed by atoms with van der Waals surface area (Å²) < 4.78 is 0. The third-order valence-corrected chi connectivity index (χ3v) is 7.21. The molecule has 2 N–H and O–H groups in total. The summed E-state index contributed by atoms with van der Waals surface area (Å²) in [6, 6.07) is 10.8. The summed E-state index contributed by atoms with van der Waals surface area (Å²) in [7, 11) is 0. The topological polar surface area (TPSA) is 88.8 Å². The number of urea groups is 1. The van der Waals surface area contributed by atoms with E-state index in [1.165, 1.54) is 11.3 Å². The molecule has 0 saturated carbocycles. The Labute approximate surface area is 203 Å². The molecule has 2 aromatic heterocycles. The molecule has 3 aromatic rings. The van der Waals surface area contributed by atoms with Crippen LogP contribution in [-0.4, -0.2) is 82.8 Å². The number of H-pyrrole nitrogens is 1. The number of piperazine rings is 1. The van der Waals surface area contributed by atoms with Crippen molar-refractivity contribution in [2.24, 2.45) is 0 Å². The first-order valence-corrected chi connectivity index (χ1v) is 12.6. The maximum atomic E-state index is 13.6. The fourth-order valence-electron chi connectivity index (χ4n) is 4.39. The molecular formula is C25H31N5O3S. The summed E-state index contributed by atoms with van der Waals surface area (Å²) in [6.45, 7) is 7.13. The Bertz CT molecular complexity index is 1130. The summed E-state index contributed by atoms with van der Waals surface area (Å²) in [6.07, 6.45) is 2.29. The van der Waals surface area contributed by atoms with Crippen LogP contribution < -0.4 is 5.32 Å². The largest absolute Gasteiger partial charge is 0.361 e. The zero-order chi connectivity index (χ0) is 24.1. The third-order valence-electron chi connectivity index (χ3n) is 6.34. The average molecular weight is 482 g/mol. The maximum Gasteiger partial charge on any atom is 0.320 e. The molecule has 1 aliphatic heterocycles. The number of nitrogens with zero attached hydrogens (tertiary/aromatic N) is 3. The van der Waals surface area contributed by atoms with Crippen molar-refractivity contribution < 1.29 is 14.4 Å². The zero-order valence-corrected chi connectivity index (χ0v) is 20.4. The zero-order valence-electron chi connectivity index (χ0n) is 19.6. The number of fused-ring (bicyclic) bond motifs is 1. The minimum Gasteiger partial charge on any atom is -0.361 e. The van der Waals surface area contributed by atoms with Crippen LogP contribution in [0.15, 0.2) is 48.0 Å². The number of para-hydroxylation sites is 1. The van der Waals surface area contributed by atoms with Crippen molar-refractivity contribution in [2.75, 3.05) is 39.3 Å². The first-order valence-electron chi connectivity index (χ1n) is 11.7. The number of carbonyl (C=O) groups excluding carboxylic acids is 3. The van der Waals surface area contributed by atoms with E-state index in [0.29, 0.717) is 50.6 Å². The molecule has 3 heterocycles. The van der Waals surface area contributed by atoms with Crippen LogP contribution in [0.5, 0.6) is 0 Å². The Hall–Kier alpha value is -3.33. The lowest BCUT2D eigenvalue weighted by Gasteiger charge is -2.38. The Morgan fingerprint density at radius 2 is 1.74 bits per heavy atom. The van der Waals surface area contributed by atoms with E-state index < -0.39 is 6.04 Å². The highest BCUT2D eigenvalue weighted by Gasteiger charge is 2.31. The van der Waals surface area contributed by atoms with Crippen LogP contribution in [0, 0.1) is 0 Å². The molecule has 1 atom stereocenters. The molecule has 1 fully saturated rings. The molecule has 0 spiro atoms. The number of carbonyl (C=O) groups is 3. The summed E-state index contributed by atoms with van der Waals surface area (Å²) in [4.78, 5) is 48.3. The molecule has 1 saturated heterocycles. The van der Waals surface area contributed by atoms with Crippen LogP contribution in [0.25, 0.3) is 10.9 Å². The van der Waals surface area contributed by atoms with Gasteiger partial charge in [-0.2, -0.15) is 0 Å². The van der Waals surface area contributed by atoms with Crippen molar-refractivity contribution in [3.63, 3.8) is 0 Å². The molecule has 1 unspecified atom stereocenters. The van der Waals surface area contributed by atoms with Gasteiger partial charge in [0.25, 0.3) is 5.91 Å². The van der Waals surface area contributed by atoms with Crippen molar-refractivity contribution in [3.8, 4) is 0 Å². The van der Waals surface area contributed by atoms with Crippen LogP contribution >= 0.6 is 11.3 Å². The van der Waals surface area contributed by atoms with Crippen molar-refractivity contribution in [1.82, 2.24) is 25.0 Å². The van der Waals surface area contributed by atoms with Gasteiger partial charge in [-0.3, -0.25) is 9.59 Å². The molecule has 0 radical (unpaired) electrons. The predicted octanol–water partition coefficient (Wildman–Crippen LogP) is 3.18. The number of hydrogen-bond donors (Lipinski definition) is 2. The van der Waals surface area contributed by atoms with Crippen molar-refractivity contribution >= 4 is 40.1 Å². The Kier molecular flexibility index (Phi) is 7.52. The summed E-state index contributed by atoms with van der Waals surface area (Å²) in [5.41, 5.74) is 1.98. The fourth-order valence-corrected chi connectivity index (χ4v) is 5.02. The quantitative estimate of drug-likeness (QED) is 0.543. The molecule has 9 heteroatoms. The standard InChI is InChI=1S/C25H31N5O3S/c1-3-28(4-2)25(33)30-13-11-29(12-14-30)24(32)21(27-23(31)22-10-7-15-34-22)16-18-17-26-20-9-6-5-8-19(18)20/h5-10,15,17,21,26H,3-4,11-14,16H2,1-2H3,(H,27,31). The molecule has 4 rings (SSSR count). The highest BCUT2D eigenvalue weighted by molar-refractivity contribution is 7.12. The monoisotopic (exact) mass is 481 g/mol. The van der Waals surface area contributed by atoms with Gasteiger partial charge in [0.1, 0.15) is 6.04 Å². The number of hydrogen-bond acceptors (Lipinski definition) is 4. The highest BCUT2D eigenvalue weighted by Crippen LogP contribution is 2.20. The summed E-state index contributed by atoms with van der Waals surface area (Å²) in [5.74, 6) is -0.367. The Balaban J connectivity index is 1.49. The normalized spacial score (nSPS) is 14.8. The van der Waals surface area contributed by atoms with Crippen LogP contribution in [0.3, 0.4) is 0 Å². The van der Waals surface area contributed by atoms with Crippen LogP contribution in [-0.2, 0) is 11.2 Å². The van der Waals surface area contributed by atoms with Gasteiger partial charge in [0, 0.05) is 62.8 Å². The lowest BCUT2D eigenvalue weighted by molar-refractivity contribution is -0.134. The fraction of sp³-hybridized carbons (Fsp3) is 0.400. The van der Waals surface area contributed by atoms with Crippen LogP contribution in [0.1, 0.15) is 29.1 Å². The number of amides is 4. The van der Waals surface area contributed by atoms with E-state index in [4.69, 9.17) is 0 Å². The van der Waals surface area contributed by atoms with Gasteiger partial charge in [-0.05, 0) is 36.9 Å². The molecule has 180 valence electrons. The molecule has 1 aromatic carbocycles. The van der Waals surface area contributed by atoms with Gasteiger partial charge in [-0.25, -0.2) is 4.79 Å². The second-order valence-corrected chi connectivity index (χ2v) is 9.28. The predicted molar refractivity (Wildman–Crippen MR) is 134 cm³/mol. The Morgan fingerprint density at radius 1 is 1.03 bits per heavy atom. The van der Waals surface area contributed by atoms with E-state index in [9.17, 15) is 14.4 Å². The molecule has 34 heavy (non-hydrogen) atoms. The minimum absolute atomic E-state index is 0.0124. The van der Waals surface area contributed by atoms with Crippen molar-refractivity contribution in [1.29, 1.82) is 0 Å². The first kappa shape index (κ1) is 23.8. The SMILES string of the molecule is CCN(CC)C(=O)N1CCN(C(=O)C(Cc2c[nH]c3ccccc23)NC(=O)c2cccs2)CC1. The van der Waals surface area contributed by atoms with E-state index in [0.717, 1.165) is 16.5 Å². The summed E-state index contributed by atoms with van der Waals surface area (Å²) >= 11 is 1.35. The molecule has 4 amide bonds. The van der Waals surface area contributed by atoms with Gasteiger partial charge in [0.05, 0.1) is 4.88 Å². The number of rotatable bonds is 7. The van der Waals surface area contributed by atoms with Crippen molar-refractivity contribution in [2.45, 2.75) is 26.3 Å². The van der Waals surface area contributed by atoms with Gasteiger partial charge in [-0.15, -0.1) is 11.3 Å². The third kappa shape index (κ3) is 5.09. The van der Waals surface area contributed by atoms with Gasteiger partial charge < -0.3 is 25.0 Å². The first-order chi connectivity index (χ1) is 16.5. The van der Waals surface area contributed by atoms with Gasteiger partial charge in [-0.1, -0.05) is 24.3 Å². The van der Waals surface area contributed by atoms with E-state index in [1.807, 2.05) is 55.8 Å². The van der Waals surface area contributed by atoms with Crippen LogP contribution in [0.2, 0.25) is 0 Å². The summed E-state index contributed by atoms with van der Waals surface area (Å²) in [5, 5.41) is 5.85. The average Bonchev–Trinajstić information content (AvgIpc) is 3.55. The highest BCUT2D eigenvalue weighted by atomic mass is 32.1. The number of benzene rings is 1. The van der Waals surface area contributed by atoms with Gasteiger partial charge in [0.15, 0.2) is 0 Å². The van der Waals surface area contributed by atoms with Crippen LogP contribution in [0.4, 0.5) is 4.79 Å². The number of nitrogens with one attached hydrogen (secondary N) is 2. The number of aromatic nitrogens is 1. The Morgan fingerprint density at radius 3 is 2.41 bits per heavy atom. The maximum absolute atomic E-state index is 13.6. The van der Waals surface area contributed by atoms with E-state index in [2.05, 4.69) is 10.3 Å². The van der Waals surface area contributed by atoms with Crippen molar-refractivity contribution in [3.05, 3.63) is 58.4 Å². The molecule has 0 bridgehead atoms. The van der Waals surface area contributed by atoms with E-state index in [1.54, 1.807) is 20.8 Å². The van der Waals surface area contributed by atoms with Gasteiger partial charge >= 0.3 is 6.03 Å². The smallest absolute Gasteiger partial charge is 0.320 e. The van der Waals surface area contributed by atoms with Gasteiger partial charge in [0.2, 0.25) is 5.91 Å². The number of thiophene rings is 1. The lowest BCUT2D eigenvalue weighted by atomic mass is 10.0. The van der Waals surface area contributed by atoms with E-state index >= 15 is 0 Å². The molecule has 8 nitrogen and oxygen atoms in total. The molecular weight excluding hydrogens is 450 g/mol. The minimum atomic E-state index is -0.696.